The maximum atomic E-state index is 12.8. The van der Waals surface area contributed by atoms with Crippen LogP contribution in [-0.4, -0.2) is 42.1 Å². The van der Waals surface area contributed by atoms with Gasteiger partial charge in [-0.25, -0.2) is 0 Å². The van der Waals surface area contributed by atoms with Gasteiger partial charge in [0.05, 0.1) is 18.6 Å². The Labute approximate surface area is 114 Å². The van der Waals surface area contributed by atoms with Crippen molar-refractivity contribution < 1.29 is 9.53 Å². The first kappa shape index (κ1) is 14.3. The lowest BCUT2D eigenvalue weighted by molar-refractivity contribution is -0.184. The van der Waals surface area contributed by atoms with Gasteiger partial charge >= 0.3 is 0 Å². The molecule has 0 spiro atoms. The predicted octanol–water partition coefficient (Wildman–Crippen LogP) is 0.889. The molecule has 19 heavy (non-hydrogen) atoms. The summed E-state index contributed by atoms with van der Waals surface area (Å²) in [4.78, 5) is 14.4. The summed E-state index contributed by atoms with van der Waals surface area (Å²) < 4.78 is 5.70. The van der Waals surface area contributed by atoms with E-state index in [4.69, 9.17) is 15.7 Å². The standard InChI is InChI=1S/C14H23N3O2/c1-9(5-7-15)17(4)12(18)14(16)10-6-8-19-11(10)13(14,2)3/h9-11H,5-6,8,16H2,1-4H3. The molecule has 106 valence electrons. The molecule has 2 rings (SSSR count). The number of rotatable bonds is 3. The van der Waals surface area contributed by atoms with Crippen molar-refractivity contribution in [2.45, 2.75) is 51.3 Å². The van der Waals surface area contributed by atoms with Gasteiger partial charge in [-0.05, 0) is 13.3 Å². The number of hydrogen-bond donors (Lipinski definition) is 1. The molecule has 2 fully saturated rings. The Kier molecular flexibility index (Phi) is 3.36. The lowest BCUT2D eigenvalue weighted by Crippen LogP contribution is -2.80. The van der Waals surface area contributed by atoms with Gasteiger partial charge in [-0.3, -0.25) is 4.79 Å². The summed E-state index contributed by atoms with van der Waals surface area (Å²) in [6.45, 7) is 6.56. The number of nitrogens with two attached hydrogens (primary N) is 1. The van der Waals surface area contributed by atoms with E-state index < -0.39 is 5.54 Å². The summed E-state index contributed by atoms with van der Waals surface area (Å²) in [6, 6.07) is 1.98. The van der Waals surface area contributed by atoms with E-state index in [1.807, 2.05) is 20.8 Å². The van der Waals surface area contributed by atoms with Crippen LogP contribution in [0.2, 0.25) is 0 Å². The molecule has 5 heteroatoms. The van der Waals surface area contributed by atoms with Crippen LogP contribution in [0.5, 0.6) is 0 Å². The zero-order chi connectivity index (χ0) is 14.4. The number of carbonyl (C=O) groups excluding carboxylic acids is 1. The van der Waals surface area contributed by atoms with Crippen LogP contribution in [0, 0.1) is 22.7 Å². The molecule has 2 N–H and O–H groups in total. The molecule has 0 radical (unpaired) electrons. The number of ether oxygens (including phenoxy) is 1. The fourth-order valence-electron chi connectivity index (χ4n) is 3.58. The number of nitrogens with zero attached hydrogens (tertiary/aromatic N) is 2. The third-order valence-electron chi connectivity index (χ3n) is 5.18. The van der Waals surface area contributed by atoms with Crippen molar-refractivity contribution in [2.24, 2.45) is 17.1 Å². The molecule has 1 saturated heterocycles. The van der Waals surface area contributed by atoms with E-state index in [1.165, 1.54) is 0 Å². The highest BCUT2D eigenvalue weighted by molar-refractivity contribution is 5.89. The molecule has 1 heterocycles. The number of fused-ring (bicyclic) bond motifs is 1. The Morgan fingerprint density at radius 2 is 2.26 bits per heavy atom. The molecule has 1 aliphatic heterocycles. The molecule has 4 atom stereocenters. The Morgan fingerprint density at radius 1 is 1.63 bits per heavy atom. The van der Waals surface area contributed by atoms with Gasteiger partial charge in [-0.15, -0.1) is 0 Å². The molecule has 2 aliphatic rings. The van der Waals surface area contributed by atoms with Gasteiger partial charge < -0.3 is 15.4 Å². The molecule has 4 unspecified atom stereocenters. The summed E-state index contributed by atoms with van der Waals surface area (Å²) >= 11 is 0. The van der Waals surface area contributed by atoms with Crippen LogP contribution in [0.4, 0.5) is 0 Å². The second-order valence-corrected chi connectivity index (χ2v) is 6.40. The van der Waals surface area contributed by atoms with Gasteiger partial charge in [0.15, 0.2) is 0 Å². The molecule has 0 aromatic carbocycles. The van der Waals surface area contributed by atoms with E-state index >= 15 is 0 Å². The summed E-state index contributed by atoms with van der Waals surface area (Å²) in [7, 11) is 1.73. The van der Waals surface area contributed by atoms with Crippen LogP contribution in [-0.2, 0) is 9.53 Å². The fourth-order valence-corrected chi connectivity index (χ4v) is 3.58. The third kappa shape index (κ3) is 1.70. The van der Waals surface area contributed by atoms with Crippen LogP contribution in [0.25, 0.3) is 0 Å². The summed E-state index contributed by atoms with van der Waals surface area (Å²) in [5.41, 5.74) is 5.27. The van der Waals surface area contributed by atoms with Crippen LogP contribution in [0.1, 0.15) is 33.6 Å². The third-order valence-corrected chi connectivity index (χ3v) is 5.18. The van der Waals surface area contributed by atoms with Crippen molar-refractivity contribution in [1.82, 2.24) is 4.90 Å². The number of hydrogen-bond acceptors (Lipinski definition) is 4. The van der Waals surface area contributed by atoms with Gasteiger partial charge in [-0.1, -0.05) is 13.8 Å². The van der Waals surface area contributed by atoms with Crippen molar-refractivity contribution in [2.75, 3.05) is 13.7 Å². The highest BCUT2D eigenvalue weighted by Crippen LogP contribution is 2.58. The molecule has 0 aromatic heterocycles. The van der Waals surface area contributed by atoms with E-state index in [0.29, 0.717) is 13.0 Å². The van der Waals surface area contributed by atoms with Gasteiger partial charge in [0.25, 0.3) is 0 Å². The average molecular weight is 265 g/mol. The predicted molar refractivity (Wildman–Crippen MR) is 71.0 cm³/mol. The Bertz CT molecular complexity index is 429. The minimum atomic E-state index is -0.868. The minimum Gasteiger partial charge on any atom is -0.377 e. The van der Waals surface area contributed by atoms with E-state index in [0.717, 1.165) is 6.42 Å². The smallest absolute Gasteiger partial charge is 0.243 e. The fraction of sp³-hybridized carbons (Fsp3) is 0.857. The minimum absolute atomic E-state index is 0.0630. The van der Waals surface area contributed by atoms with Gasteiger partial charge in [-0.2, -0.15) is 5.26 Å². The maximum Gasteiger partial charge on any atom is 0.243 e. The van der Waals surface area contributed by atoms with E-state index in [1.54, 1.807) is 11.9 Å². The van der Waals surface area contributed by atoms with Crippen LogP contribution < -0.4 is 5.73 Å². The lowest BCUT2D eigenvalue weighted by atomic mass is 9.47. The first-order valence-corrected chi connectivity index (χ1v) is 6.83. The van der Waals surface area contributed by atoms with Crippen LogP contribution in [0.3, 0.4) is 0 Å². The number of nitriles is 1. The molecular formula is C14H23N3O2. The van der Waals surface area contributed by atoms with Gasteiger partial charge in [0, 0.05) is 31.0 Å². The number of amides is 1. The van der Waals surface area contributed by atoms with Crippen molar-refractivity contribution in [1.29, 1.82) is 5.26 Å². The molecule has 0 bridgehead atoms. The Balaban J connectivity index is 2.21. The largest absolute Gasteiger partial charge is 0.377 e. The van der Waals surface area contributed by atoms with Crippen LogP contribution >= 0.6 is 0 Å². The average Bonchev–Trinajstić information content (AvgIpc) is 2.84. The lowest BCUT2D eigenvalue weighted by Gasteiger charge is -2.61. The topological polar surface area (TPSA) is 79.4 Å². The van der Waals surface area contributed by atoms with E-state index in [9.17, 15) is 4.79 Å². The Morgan fingerprint density at radius 3 is 2.84 bits per heavy atom. The quantitative estimate of drug-likeness (QED) is 0.822. The maximum absolute atomic E-state index is 12.8. The molecule has 0 aromatic rings. The zero-order valence-electron chi connectivity index (χ0n) is 12.1. The highest BCUT2D eigenvalue weighted by Gasteiger charge is 2.71. The number of carbonyl (C=O) groups is 1. The second-order valence-electron chi connectivity index (χ2n) is 6.40. The molecule has 1 saturated carbocycles. The SMILES string of the molecule is CC(CC#N)N(C)C(=O)C1(N)C2CCOC2C1(C)C. The number of likely N-dealkylation sites (N-methyl/N-ethyl adjacent to an activating group) is 1. The van der Waals surface area contributed by atoms with Crippen molar-refractivity contribution in [3.05, 3.63) is 0 Å². The highest BCUT2D eigenvalue weighted by atomic mass is 16.5. The van der Waals surface area contributed by atoms with Crippen molar-refractivity contribution >= 4 is 5.91 Å². The van der Waals surface area contributed by atoms with Crippen molar-refractivity contribution in [3.63, 3.8) is 0 Å². The molecule has 1 amide bonds. The zero-order valence-corrected chi connectivity index (χ0v) is 12.1. The monoisotopic (exact) mass is 265 g/mol. The summed E-state index contributed by atoms with van der Waals surface area (Å²) in [5, 5.41) is 8.75. The summed E-state index contributed by atoms with van der Waals surface area (Å²) in [6.07, 6.45) is 1.25. The van der Waals surface area contributed by atoms with Gasteiger partial charge in [0.1, 0.15) is 5.54 Å². The molecule has 5 nitrogen and oxygen atoms in total. The van der Waals surface area contributed by atoms with Gasteiger partial charge in [0.2, 0.25) is 5.91 Å². The van der Waals surface area contributed by atoms with Crippen molar-refractivity contribution in [3.8, 4) is 6.07 Å². The normalized spacial score (nSPS) is 36.8. The Hall–Kier alpha value is -1.12. The molecule has 1 aliphatic carbocycles. The van der Waals surface area contributed by atoms with E-state index in [2.05, 4.69) is 6.07 Å². The van der Waals surface area contributed by atoms with Crippen LogP contribution in [0.15, 0.2) is 0 Å². The molecular weight excluding hydrogens is 242 g/mol. The summed E-state index contributed by atoms with van der Waals surface area (Å²) in [5.74, 6) is 0.0405. The van der Waals surface area contributed by atoms with E-state index in [-0.39, 0.29) is 29.4 Å². The second kappa shape index (κ2) is 4.46. The first-order valence-electron chi connectivity index (χ1n) is 6.83. The first-order chi connectivity index (χ1) is 8.78.